The maximum atomic E-state index is 12.6. The van der Waals surface area contributed by atoms with E-state index in [2.05, 4.69) is 0 Å². The van der Waals surface area contributed by atoms with E-state index in [-0.39, 0.29) is 12.0 Å². The molecule has 2 heterocycles. The molecule has 2 aliphatic rings. The Labute approximate surface area is 146 Å². The Balaban J connectivity index is 1.72. The third-order valence-corrected chi connectivity index (χ3v) is 5.37. The van der Waals surface area contributed by atoms with E-state index in [9.17, 15) is 4.79 Å². The number of anilines is 1. The number of nitrogens with zero attached hydrogens (tertiary/aromatic N) is 2. The second kappa shape index (κ2) is 7.03. The van der Waals surface area contributed by atoms with Gasteiger partial charge in [0, 0.05) is 26.4 Å². The summed E-state index contributed by atoms with van der Waals surface area (Å²) in [5, 5.41) is 0. The van der Waals surface area contributed by atoms with Gasteiger partial charge in [-0.2, -0.15) is 0 Å². The molecule has 0 radical (unpaired) electrons. The Morgan fingerprint density at radius 3 is 2.74 bits per heavy atom. The molecule has 1 aromatic carbocycles. The molecule has 2 fully saturated rings. The van der Waals surface area contributed by atoms with Crippen LogP contribution in [0.4, 0.5) is 5.69 Å². The van der Waals surface area contributed by atoms with Crippen LogP contribution in [0.2, 0.25) is 0 Å². The average molecular weight is 348 g/mol. The lowest BCUT2D eigenvalue weighted by molar-refractivity contribution is -0.123. The summed E-state index contributed by atoms with van der Waals surface area (Å²) in [5.74, 6) is -0.00724. The minimum Gasteiger partial charge on any atom is -0.378 e. The molecule has 0 aromatic heterocycles. The molecule has 0 saturated carbocycles. The Hall–Kier alpha value is -1.37. The van der Waals surface area contributed by atoms with Gasteiger partial charge in [0.25, 0.3) is 5.91 Å². The summed E-state index contributed by atoms with van der Waals surface area (Å²) in [4.78, 5) is 17.0. The smallest absolute Gasteiger partial charge is 0.266 e. The van der Waals surface area contributed by atoms with Gasteiger partial charge in [0.2, 0.25) is 0 Å². The first-order valence-electron chi connectivity index (χ1n) is 7.69. The van der Waals surface area contributed by atoms with Crippen LogP contribution in [0, 0.1) is 0 Å². The van der Waals surface area contributed by atoms with Crippen LogP contribution in [0.3, 0.4) is 0 Å². The molecule has 2 saturated heterocycles. The van der Waals surface area contributed by atoms with E-state index in [1.807, 2.05) is 49.3 Å². The van der Waals surface area contributed by atoms with E-state index >= 15 is 0 Å². The van der Waals surface area contributed by atoms with Crippen LogP contribution in [0.15, 0.2) is 29.2 Å². The highest BCUT2D eigenvalue weighted by Crippen LogP contribution is 2.33. The molecule has 0 N–H and O–H groups in total. The van der Waals surface area contributed by atoms with Gasteiger partial charge in [-0.05, 0) is 36.6 Å². The first-order chi connectivity index (χ1) is 11.0. The average Bonchev–Trinajstić information content (AvgIpc) is 3.12. The number of thiocarbonyl (C=S) groups is 1. The van der Waals surface area contributed by atoms with Gasteiger partial charge in [0.05, 0.1) is 17.6 Å². The van der Waals surface area contributed by atoms with Crippen LogP contribution in [-0.4, -0.2) is 48.5 Å². The van der Waals surface area contributed by atoms with Gasteiger partial charge in [-0.1, -0.05) is 36.1 Å². The summed E-state index contributed by atoms with van der Waals surface area (Å²) in [6.45, 7) is 1.36. The second-order valence-corrected chi connectivity index (χ2v) is 7.59. The van der Waals surface area contributed by atoms with Gasteiger partial charge in [0.15, 0.2) is 0 Å². The maximum absolute atomic E-state index is 12.6. The van der Waals surface area contributed by atoms with Crippen molar-refractivity contribution in [2.24, 2.45) is 0 Å². The standard InChI is InChI=1S/C17H20N2O2S2/c1-18(2)13-7-5-12(6-8-13)10-15-16(20)19(17(22)23-15)11-14-4-3-9-21-14/h5-8,10,14H,3-4,9,11H2,1-2H3/b15-10-/t14-/m0/s1. The molecule has 1 atom stereocenters. The van der Waals surface area contributed by atoms with Gasteiger partial charge in [-0.25, -0.2) is 0 Å². The minimum atomic E-state index is -0.00724. The van der Waals surface area contributed by atoms with Gasteiger partial charge in [-0.3, -0.25) is 9.69 Å². The Morgan fingerprint density at radius 2 is 2.13 bits per heavy atom. The van der Waals surface area contributed by atoms with E-state index in [1.54, 1.807) is 4.90 Å². The van der Waals surface area contributed by atoms with Crippen molar-refractivity contribution in [3.05, 3.63) is 34.7 Å². The first kappa shape index (κ1) is 16.5. The SMILES string of the molecule is CN(C)c1ccc(/C=C2\SC(=S)N(C[C@@H]3CCCO3)C2=O)cc1. The number of benzene rings is 1. The van der Waals surface area contributed by atoms with Gasteiger partial charge in [-0.15, -0.1) is 0 Å². The summed E-state index contributed by atoms with van der Waals surface area (Å²) in [7, 11) is 4.01. The summed E-state index contributed by atoms with van der Waals surface area (Å²) in [6.07, 6.45) is 4.10. The summed E-state index contributed by atoms with van der Waals surface area (Å²) >= 11 is 6.74. The van der Waals surface area contributed by atoms with Gasteiger partial charge in [0.1, 0.15) is 4.32 Å². The molecular formula is C17H20N2O2S2. The van der Waals surface area contributed by atoms with Crippen molar-refractivity contribution in [1.82, 2.24) is 4.90 Å². The van der Waals surface area contributed by atoms with E-state index in [4.69, 9.17) is 17.0 Å². The van der Waals surface area contributed by atoms with Crippen molar-refractivity contribution in [3.8, 4) is 0 Å². The molecule has 0 aliphatic carbocycles. The number of rotatable bonds is 4. The second-order valence-electron chi connectivity index (χ2n) is 5.91. The predicted molar refractivity (Wildman–Crippen MR) is 99.6 cm³/mol. The Bertz CT molecular complexity index is 634. The number of hydrogen-bond donors (Lipinski definition) is 0. The highest BCUT2D eigenvalue weighted by Gasteiger charge is 2.34. The molecule has 3 rings (SSSR count). The summed E-state index contributed by atoms with van der Waals surface area (Å²) < 4.78 is 6.24. The molecule has 2 aliphatic heterocycles. The zero-order valence-electron chi connectivity index (χ0n) is 13.3. The zero-order chi connectivity index (χ0) is 16.4. The molecule has 4 nitrogen and oxygen atoms in total. The number of hydrogen-bond acceptors (Lipinski definition) is 5. The van der Waals surface area contributed by atoms with Crippen molar-refractivity contribution in [3.63, 3.8) is 0 Å². The van der Waals surface area contributed by atoms with Gasteiger partial charge < -0.3 is 9.64 Å². The number of thioether (sulfide) groups is 1. The highest BCUT2D eigenvalue weighted by molar-refractivity contribution is 8.26. The van der Waals surface area contributed by atoms with Gasteiger partial charge >= 0.3 is 0 Å². The largest absolute Gasteiger partial charge is 0.378 e. The fraction of sp³-hybridized carbons (Fsp3) is 0.412. The zero-order valence-corrected chi connectivity index (χ0v) is 15.0. The Morgan fingerprint density at radius 1 is 1.39 bits per heavy atom. The molecule has 1 aromatic rings. The van der Waals surface area contributed by atoms with Crippen LogP contribution in [0.1, 0.15) is 18.4 Å². The van der Waals surface area contributed by atoms with Crippen molar-refractivity contribution in [1.29, 1.82) is 0 Å². The van der Waals surface area contributed by atoms with Crippen molar-refractivity contribution < 1.29 is 9.53 Å². The molecule has 122 valence electrons. The molecule has 0 spiro atoms. The van der Waals surface area contributed by atoms with Crippen LogP contribution < -0.4 is 4.90 Å². The lowest BCUT2D eigenvalue weighted by Gasteiger charge is -2.18. The Kier molecular flexibility index (Phi) is 5.04. The fourth-order valence-corrected chi connectivity index (χ4v) is 3.94. The minimum absolute atomic E-state index is 0.00724. The van der Waals surface area contributed by atoms with E-state index in [0.717, 1.165) is 30.7 Å². The van der Waals surface area contributed by atoms with Crippen molar-refractivity contribution in [2.45, 2.75) is 18.9 Å². The lowest BCUT2D eigenvalue weighted by atomic mass is 10.2. The quantitative estimate of drug-likeness (QED) is 0.617. The summed E-state index contributed by atoms with van der Waals surface area (Å²) in [6, 6.07) is 8.11. The van der Waals surface area contributed by atoms with Crippen LogP contribution in [0.5, 0.6) is 0 Å². The van der Waals surface area contributed by atoms with Crippen LogP contribution in [0.25, 0.3) is 6.08 Å². The number of carbonyl (C=O) groups is 1. The number of carbonyl (C=O) groups excluding carboxylic acids is 1. The van der Waals surface area contributed by atoms with E-state index < -0.39 is 0 Å². The van der Waals surface area contributed by atoms with E-state index in [0.29, 0.717) is 15.8 Å². The molecule has 23 heavy (non-hydrogen) atoms. The van der Waals surface area contributed by atoms with Crippen LogP contribution >= 0.6 is 24.0 Å². The first-order valence-corrected chi connectivity index (χ1v) is 8.91. The third-order valence-electron chi connectivity index (χ3n) is 3.99. The molecule has 1 amide bonds. The normalized spacial score (nSPS) is 23.1. The number of amides is 1. The molecule has 0 bridgehead atoms. The third kappa shape index (κ3) is 3.76. The van der Waals surface area contributed by atoms with Crippen molar-refractivity contribution >= 4 is 46.0 Å². The number of ether oxygens (including phenoxy) is 1. The monoisotopic (exact) mass is 348 g/mol. The fourth-order valence-electron chi connectivity index (χ4n) is 2.67. The topological polar surface area (TPSA) is 32.8 Å². The molecule has 0 unspecified atom stereocenters. The van der Waals surface area contributed by atoms with Crippen LogP contribution in [-0.2, 0) is 9.53 Å². The molecule has 6 heteroatoms. The maximum Gasteiger partial charge on any atom is 0.266 e. The highest BCUT2D eigenvalue weighted by atomic mass is 32.2. The van der Waals surface area contributed by atoms with E-state index in [1.165, 1.54) is 11.8 Å². The van der Waals surface area contributed by atoms with Crippen molar-refractivity contribution in [2.75, 3.05) is 32.1 Å². The summed E-state index contributed by atoms with van der Waals surface area (Å²) in [5.41, 5.74) is 2.14. The predicted octanol–water partition coefficient (Wildman–Crippen LogP) is 3.13. The molecular weight excluding hydrogens is 328 g/mol. The lowest BCUT2D eigenvalue weighted by Crippen LogP contribution is -2.35.